The van der Waals surface area contributed by atoms with Crippen molar-refractivity contribution in [3.8, 4) is 0 Å². The van der Waals surface area contributed by atoms with Gasteiger partial charge in [0, 0.05) is 39.3 Å². The summed E-state index contributed by atoms with van der Waals surface area (Å²) in [6.45, 7) is 6.64. The molecule has 0 aromatic carbocycles. The fourth-order valence-corrected chi connectivity index (χ4v) is 2.66. The number of carbonyl (C=O) groups excluding carboxylic acids is 1. The Morgan fingerprint density at radius 3 is 2.18 bits per heavy atom. The van der Waals surface area contributed by atoms with Gasteiger partial charge >= 0.3 is 0 Å². The molecule has 3 atom stereocenters. The van der Waals surface area contributed by atoms with E-state index in [-0.39, 0.29) is 17.6 Å². The molecule has 100 valence electrons. The van der Waals surface area contributed by atoms with Crippen LogP contribution in [0.25, 0.3) is 0 Å². The summed E-state index contributed by atoms with van der Waals surface area (Å²) in [4.78, 5) is 13.5. The standard InChI is InChI=1S/C13H25NO3/c1-5-6-13(2,10-15)9-14-7-11(16-3)12(8-14)17-4/h10-12H,5-9H2,1-4H3. The van der Waals surface area contributed by atoms with Crippen molar-refractivity contribution in [2.24, 2.45) is 5.41 Å². The molecule has 3 unspecified atom stereocenters. The van der Waals surface area contributed by atoms with Gasteiger partial charge in [0.15, 0.2) is 0 Å². The van der Waals surface area contributed by atoms with E-state index >= 15 is 0 Å². The second-order valence-corrected chi connectivity index (χ2v) is 5.26. The normalized spacial score (nSPS) is 29.2. The van der Waals surface area contributed by atoms with Gasteiger partial charge in [-0.25, -0.2) is 0 Å². The van der Waals surface area contributed by atoms with Gasteiger partial charge in [-0.3, -0.25) is 4.90 Å². The minimum absolute atomic E-state index is 0.123. The summed E-state index contributed by atoms with van der Waals surface area (Å²) >= 11 is 0. The third-order valence-corrected chi connectivity index (χ3v) is 3.59. The van der Waals surface area contributed by atoms with Gasteiger partial charge in [-0.2, -0.15) is 0 Å². The fraction of sp³-hybridized carbons (Fsp3) is 0.923. The first-order valence-corrected chi connectivity index (χ1v) is 6.33. The van der Waals surface area contributed by atoms with Gasteiger partial charge in [-0.1, -0.05) is 20.3 Å². The first-order valence-electron chi connectivity index (χ1n) is 6.33. The molecule has 0 aromatic rings. The summed E-state index contributed by atoms with van der Waals surface area (Å²) in [5.74, 6) is 0. The van der Waals surface area contributed by atoms with Crippen molar-refractivity contribution in [2.75, 3.05) is 33.9 Å². The highest BCUT2D eigenvalue weighted by molar-refractivity contribution is 5.59. The van der Waals surface area contributed by atoms with E-state index < -0.39 is 0 Å². The lowest BCUT2D eigenvalue weighted by atomic mass is 9.87. The second kappa shape index (κ2) is 6.47. The largest absolute Gasteiger partial charge is 0.377 e. The van der Waals surface area contributed by atoms with Crippen LogP contribution in [0.4, 0.5) is 0 Å². The maximum Gasteiger partial charge on any atom is 0.127 e. The molecule has 1 aliphatic rings. The van der Waals surface area contributed by atoms with Crippen LogP contribution in [0.5, 0.6) is 0 Å². The minimum atomic E-state index is -0.240. The molecule has 1 fully saturated rings. The van der Waals surface area contributed by atoms with E-state index in [2.05, 4.69) is 11.8 Å². The van der Waals surface area contributed by atoms with Crippen LogP contribution in [-0.4, -0.2) is 57.2 Å². The number of nitrogens with zero attached hydrogens (tertiary/aromatic N) is 1. The first-order chi connectivity index (χ1) is 8.08. The van der Waals surface area contributed by atoms with E-state index in [1.165, 1.54) is 0 Å². The molecule has 0 aromatic heterocycles. The van der Waals surface area contributed by atoms with E-state index in [0.29, 0.717) is 0 Å². The van der Waals surface area contributed by atoms with Gasteiger partial charge < -0.3 is 14.3 Å². The molecular weight excluding hydrogens is 218 g/mol. The molecular formula is C13H25NO3. The number of likely N-dealkylation sites (tertiary alicyclic amines) is 1. The van der Waals surface area contributed by atoms with Gasteiger partial charge in [0.25, 0.3) is 0 Å². The zero-order valence-electron chi connectivity index (χ0n) is 11.4. The molecule has 0 bridgehead atoms. The molecule has 4 nitrogen and oxygen atoms in total. The second-order valence-electron chi connectivity index (χ2n) is 5.26. The maximum absolute atomic E-state index is 11.2. The summed E-state index contributed by atoms with van der Waals surface area (Å²) < 4.78 is 10.8. The van der Waals surface area contributed by atoms with Crippen molar-refractivity contribution < 1.29 is 14.3 Å². The molecule has 0 N–H and O–H groups in total. The molecule has 0 amide bonds. The molecule has 17 heavy (non-hydrogen) atoms. The van der Waals surface area contributed by atoms with Crippen LogP contribution in [0.15, 0.2) is 0 Å². The summed E-state index contributed by atoms with van der Waals surface area (Å²) in [6, 6.07) is 0. The van der Waals surface area contributed by atoms with Crippen molar-refractivity contribution in [3.05, 3.63) is 0 Å². The van der Waals surface area contributed by atoms with Crippen LogP contribution >= 0.6 is 0 Å². The molecule has 1 heterocycles. The summed E-state index contributed by atoms with van der Waals surface area (Å²) in [7, 11) is 3.43. The van der Waals surface area contributed by atoms with Crippen molar-refractivity contribution in [1.29, 1.82) is 0 Å². The maximum atomic E-state index is 11.2. The van der Waals surface area contributed by atoms with Gasteiger partial charge in [-0.15, -0.1) is 0 Å². The Kier molecular flexibility index (Phi) is 5.56. The Morgan fingerprint density at radius 1 is 1.29 bits per heavy atom. The Bertz CT molecular complexity index is 235. The Morgan fingerprint density at radius 2 is 1.82 bits per heavy atom. The van der Waals surface area contributed by atoms with E-state index in [1.54, 1.807) is 14.2 Å². The molecule has 0 radical (unpaired) electrons. The minimum Gasteiger partial charge on any atom is -0.377 e. The van der Waals surface area contributed by atoms with Crippen molar-refractivity contribution in [3.63, 3.8) is 0 Å². The molecule has 0 saturated carbocycles. The average molecular weight is 243 g/mol. The fourth-order valence-electron chi connectivity index (χ4n) is 2.66. The molecule has 1 aliphatic heterocycles. The number of carbonyl (C=O) groups is 1. The van der Waals surface area contributed by atoms with E-state index in [4.69, 9.17) is 9.47 Å². The van der Waals surface area contributed by atoms with Crippen LogP contribution in [0, 0.1) is 5.41 Å². The Balaban J connectivity index is 2.55. The predicted octanol–water partition coefficient (Wildman–Crippen LogP) is 1.34. The van der Waals surface area contributed by atoms with Crippen molar-refractivity contribution >= 4 is 6.29 Å². The topological polar surface area (TPSA) is 38.8 Å². The zero-order chi connectivity index (χ0) is 12.9. The number of hydrogen-bond donors (Lipinski definition) is 0. The summed E-state index contributed by atoms with van der Waals surface area (Å²) in [6.07, 6.45) is 3.31. The molecule has 1 rings (SSSR count). The van der Waals surface area contributed by atoms with E-state index in [9.17, 15) is 4.79 Å². The monoisotopic (exact) mass is 243 g/mol. The van der Waals surface area contributed by atoms with E-state index in [1.807, 2.05) is 6.92 Å². The van der Waals surface area contributed by atoms with Crippen LogP contribution in [0.2, 0.25) is 0 Å². The number of rotatable bonds is 7. The predicted molar refractivity (Wildman–Crippen MR) is 67.1 cm³/mol. The number of hydrogen-bond acceptors (Lipinski definition) is 4. The lowest BCUT2D eigenvalue weighted by molar-refractivity contribution is -0.116. The van der Waals surface area contributed by atoms with Crippen molar-refractivity contribution in [1.82, 2.24) is 4.90 Å². The average Bonchev–Trinajstić information content (AvgIpc) is 2.71. The third kappa shape index (κ3) is 3.76. The van der Waals surface area contributed by atoms with Gasteiger partial charge in [0.1, 0.15) is 6.29 Å². The zero-order valence-corrected chi connectivity index (χ0v) is 11.4. The van der Waals surface area contributed by atoms with Crippen LogP contribution in [0.3, 0.4) is 0 Å². The molecule has 0 spiro atoms. The first kappa shape index (κ1) is 14.6. The summed E-state index contributed by atoms with van der Waals surface area (Å²) in [5, 5.41) is 0. The lowest BCUT2D eigenvalue weighted by Gasteiger charge is -2.28. The van der Waals surface area contributed by atoms with Crippen LogP contribution in [-0.2, 0) is 14.3 Å². The highest BCUT2D eigenvalue weighted by Gasteiger charge is 2.36. The molecule has 4 heteroatoms. The molecule has 1 saturated heterocycles. The van der Waals surface area contributed by atoms with E-state index in [0.717, 1.165) is 38.8 Å². The van der Waals surface area contributed by atoms with Gasteiger partial charge in [-0.05, 0) is 6.42 Å². The van der Waals surface area contributed by atoms with Crippen molar-refractivity contribution in [2.45, 2.75) is 38.9 Å². The molecule has 0 aliphatic carbocycles. The lowest BCUT2D eigenvalue weighted by Crippen LogP contribution is -2.36. The number of methoxy groups -OCH3 is 2. The SMILES string of the molecule is CCCC(C)(C=O)CN1CC(OC)C(OC)C1. The van der Waals surface area contributed by atoms with Gasteiger partial charge in [0.2, 0.25) is 0 Å². The highest BCUT2D eigenvalue weighted by atomic mass is 16.5. The smallest absolute Gasteiger partial charge is 0.127 e. The Labute approximate surface area is 104 Å². The Hall–Kier alpha value is -0.450. The quantitative estimate of drug-likeness (QED) is 0.633. The third-order valence-electron chi connectivity index (χ3n) is 3.59. The number of aldehydes is 1. The van der Waals surface area contributed by atoms with Gasteiger partial charge in [0.05, 0.1) is 12.2 Å². The highest BCUT2D eigenvalue weighted by Crippen LogP contribution is 2.25. The van der Waals surface area contributed by atoms with Crippen LogP contribution < -0.4 is 0 Å². The van der Waals surface area contributed by atoms with Crippen LogP contribution in [0.1, 0.15) is 26.7 Å². The summed E-state index contributed by atoms with van der Waals surface area (Å²) in [5.41, 5.74) is -0.240. The number of ether oxygens (including phenoxy) is 2.